The lowest BCUT2D eigenvalue weighted by Crippen LogP contribution is -2.33. The lowest BCUT2D eigenvalue weighted by Gasteiger charge is -2.28. The van der Waals surface area contributed by atoms with E-state index in [1.54, 1.807) is 0 Å². The van der Waals surface area contributed by atoms with Crippen LogP contribution in [-0.4, -0.2) is 41.2 Å². The minimum atomic E-state index is 0.0733. The van der Waals surface area contributed by atoms with Crippen LogP contribution in [0, 0.1) is 5.92 Å². The van der Waals surface area contributed by atoms with Crippen LogP contribution in [0.1, 0.15) is 31.5 Å². The van der Waals surface area contributed by atoms with Gasteiger partial charge in [-0.1, -0.05) is 5.16 Å². The highest BCUT2D eigenvalue weighted by molar-refractivity contribution is 4.91. The summed E-state index contributed by atoms with van der Waals surface area (Å²) in [7, 11) is 2.17. The topological polar surface area (TPSA) is 68.2 Å². The molecule has 0 spiro atoms. The van der Waals surface area contributed by atoms with Crippen molar-refractivity contribution in [2.24, 2.45) is 11.7 Å². The second-order valence-corrected chi connectivity index (χ2v) is 5.26. The second kappa shape index (κ2) is 5.60. The summed E-state index contributed by atoms with van der Waals surface area (Å²) in [5.74, 6) is 2.16. The third kappa shape index (κ3) is 3.78. The van der Waals surface area contributed by atoms with Gasteiger partial charge in [0.1, 0.15) is 0 Å². The Balaban J connectivity index is 1.87. The number of piperidine rings is 1. The van der Waals surface area contributed by atoms with Gasteiger partial charge in [-0.2, -0.15) is 4.98 Å². The maximum atomic E-state index is 5.70. The quantitative estimate of drug-likeness (QED) is 0.842. The van der Waals surface area contributed by atoms with Crippen molar-refractivity contribution in [1.82, 2.24) is 15.0 Å². The van der Waals surface area contributed by atoms with Crippen molar-refractivity contribution in [3.63, 3.8) is 0 Å². The first kappa shape index (κ1) is 12.5. The van der Waals surface area contributed by atoms with Gasteiger partial charge in [0.15, 0.2) is 5.82 Å². The van der Waals surface area contributed by atoms with E-state index in [0.717, 1.165) is 18.8 Å². The molecule has 96 valence electrons. The largest absolute Gasteiger partial charge is 0.339 e. The Bertz CT molecular complexity index is 350. The lowest BCUT2D eigenvalue weighted by atomic mass is 9.95. The van der Waals surface area contributed by atoms with Gasteiger partial charge in [-0.3, -0.25) is 0 Å². The van der Waals surface area contributed by atoms with E-state index in [1.807, 2.05) is 6.92 Å². The fraction of sp³-hybridized carbons (Fsp3) is 0.833. The van der Waals surface area contributed by atoms with Gasteiger partial charge in [-0.25, -0.2) is 0 Å². The van der Waals surface area contributed by atoms with E-state index in [1.165, 1.54) is 19.4 Å². The van der Waals surface area contributed by atoms with Crippen LogP contribution in [0.4, 0.5) is 0 Å². The molecule has 0 bridgehead atoms. The molecule has 17 heavy (non-hydrogen) atoms. The zero-order valence-corrected chi connectivity index (χ0v) is 10.7. The van der Waals surface area contributed by atoms with Gasteiger partial charge < -0.3 is 15.2 Å². The molecule has 2 heterocycles. The van der Waals surface area contributed by atoms with Crippen LogP contribution in [0.15, 0.2) is 4.52 Å². The van der Waals surface area contributed by atoms with Gasteiger partial charge in [-0.05, 0) is 39.3 Å². The summed E-state index contributed by atoms with van der Waals surface area (Å²) in [6.07, 6.45) is 4.12. The maximum Gasteiger partial charge on any atom is 0.228 e. The number of nitrogens with two attached hydrogens (primary N) is 1. The van der Waals surface area contributed by atoms with E-state index in [2.05, 4.69) is 22.1 Å². The molecule has 0 saturated carbocycles. The Kier molecular flexibility index (Phi) is 4.12. The molecular weight excluding hydrogens is 216 g/mol. The van der Waals surface area contributed by atoms with Crippen LogP contribution >= 0.6 is 0 Å². The predicted octanol–water partition coefficient (Wildman–Crippen LogP) is 0.844. The van der Waals surface area contributed by atoms with Crippen LogP contribution in [-0.2, 0) is 12.8 Å². The number of aromatic nitrogens is 2. The van der Waals surface area contributed by atoms with Crippen molar-refractivity contribution in [1.29, 1.82) is 0 Å². The molecule has 1 saturated heterocycles. The monoisotopic (exact) mass is 238 g/mol. The number of rotatable bonds is 4. The van der Waals surface area contributed by atoms with E-state index >= 15 is 0 Å². The maximum absolute atomic E-state index is 5.70. The third-order valence-electron chi connectivity index (χ3n) is 3.20. The minimum absolute atomic E-state index is 0.0733. The average molecular weight is 238 g/mol. The molecule has 1 aromatic rings. The van der Waals surface area contributed by atoms with Gasteiger partial charge in [-0.15, -0.1) is 0 Å². The highest BCUT2D eigenvalue weighted by Gasteiger charge is 2.20. The summed E-state index contributed by atoms with van der Waals surface area (Å²) < 4.78 is 5.19. The summed E-state index contributed by atoms with van der Waals surface area (Å²) in [4.78, 5) is 6.77. The Morgan fingerprint density at radius 3 is 3.12 bits per heavy atom. The summed E-state index contributed by atoms with van der Waals surface area (Å²) >= 11 is 0. The molecule has 1 aliphatic heterocycles. The van der Waals surface area contributed by atoms with Crippen LogP contribution in [0.3, 0.4) is 0 Å². The molecule has 5 heteroatoms. The normalized spacial score (nSPS) is 23.8. The number of likely N-dealkylation sites (tertiary alicyclic amines) is 1. The fourth-order valence-corrected chi connectivity index (χ4v) is 2.43. The molecule has 2 unspecified atom stereocenters. The van der Waals surface area contributed by atoms with Crippen LogP contribution < -0.4 is 5.73 Å². The third-order valence-corrected chi connectivity index (χ3v) is 3.20. The van der Waals surface area contributed by atoms with Crippen molar-refractivity contribution in [2.75, 3.05) is 20.1 Å². The van der Waals surface area contributed by atoms with Gasteiger partial charge >= 0.3 is 0 Å². The SMILES string of the molecule is CC(N)Cc1nc(CC2CCCN(C)C2)no1. The molecule has 1 aromatic heterocycles. The molecule has 0 aromatic carbocycles. The Labute approximate surface area is 102 Å². The van der Waals surface area contributed by atoms with Crippen molar-refractivity contribution in [3.05, 3.63) is 11.7 Å². The van der Waals surface area contributed by atoms with Crippen LogP contribution in [0.25, 0.3) is 0 Å². The van der Waals surface area contributed by atoms with Gasteiger partial charge in [0.25, 0.3) is 0 Å². The molecule has 1 aliphatic rings. The molecule has 1 fully saturated rings. The predicted molar refractivity (Wildman–Crippen MR) is 65.6 cm³/mol. The molecule has 5 nitrogen and oxygen atoms in total. The Morgan fingerprint density at radius 1 is 1.59 bits per heavy atom. The van der Waals surface area contributed by atoms with Crippen LogP contribution in [0.5, 0.6) is 0 Å². The molecule has 0 radical (unpaired) electrons. The standard InChI is InChI=1S/C12H22N4O/c1-9(13)6-12-14-11(15-17-12)7-10-4-3-5-16(2)8-10/h9-10H,3-8,13H2,1-2H3. The van der Waals surface area contributed by atoms with Crippen molar-refractivity contribution < 1.29 is 4.52 Å². The fourth-order valence-electron chi connectivity index (χ4n) is 2.43. The summed E-state index contributed by atoms with van der Waals surface area (Å²) in [5.41, 5.74) is 5.70. The summed E-state index contributed by atoms with van der Waals surface area (Å²) in [6.45, 7) is 4.29. The van der Waals surface area contributed by atoms with Crippen molar-refractivity contribution in [3.8, 4) is 0 Å². The first-order chi connectivity index (χ1) is 8.13. The first-order valence-electron chi connectivity index (χ1n) is 6.39. The van der Waals surface area contributed by atoms with Gasteiger partial charge in [0, 0.05) is 25.4 Å². The first-order valence-corrected chi connectivity index (χ1v) is 6.39. The highest BCUT2D eigenvalue weighted by Crippen LogP contribution is 2.18. The molecule has 0 aliphatic carbocycles. The minimum Gasteiger partial charge on any atom is -0.339 e. The zero-order valence-electron chi connectivity index (χ0n) is 10.7. The van der Waals surface area contributed by atoms with Gasteiger partial charge in [0.05, 0.1) is 0 Å². The smallest absolute Gasteiger partial charge is 0.228 e. The van der Waals surface area contributed by atoms with E-state index in [-0.39, 0.29) is 6.04 Å². The average Bonchev–Trinajstić information content (AvgIpc) is 2.64. The van der Waals surface area contributed by atoms with E-state index < -0.39 is 0 Å². The molecule has 0 amide bonds. The second-order valence-electron chi connectivity index (χ2n) is 5.26. The molecule has 2 N–H and O–H groups in total. The van der Waals surface area contributed by atoms with Gasteiger partial charge in [0.2, 0.25) is 5.89 Å². The number of hydrogen-bond acceptors (Lipinski definition) is 5. The van der Waals surface area contributed by atoms with E-state index in [0.29, 0.717) is 18.2 Å². The Hall–Kier alpha value is -0.940. The summed E-state index contributed by atoms with van der Waals surface area (Å²) in [5, 5.41) is 4.03. The Morgan fingerprint density at radius 2 is 2.41 bits per heavy atom. The summed E-state index contributed by atoms with van der Waals surface area (Å²) in [6, 6.07) is 0.0733. The van der Waals surface area contributed by atoms with Crippen LogP contribution in [0.2, 0.25) is 0 Å². The lowest BCUT2D eigenvalue weighted by molar-refractivity contribution is 0.206. The van der Waals surface area contributed by atoms with Crippen molar-refractivity contribution in [2.45, 2.75) is 38.6 Å². The zero-order chi connectivity index (χ0) is 12.3. The number of nitrogens with zero attached hydrogens (tertiary/aromatic N) is 3. The highest BCUT2D eigenvalue weighted by atomic mass is 16.5. The van der Waals surface area contributed by atoms with E-state index in [9.17, 15) is 0 Å². The molecular formula is C12H22N4O. The van der Waals surface area contributed by atoms with Crippen molar-refractivity contribution >= 4 is 0 Å². The number of hydrogen-bond donors (Lipinski definition) is 1. The molecule has 2 atom stereocenters. The van der Waals surface area contributed by atoms with E-state index in [4.69, 9.17) is 10.3 Å². The molecule has 2 rings (SSSR count).